The van der Waals surface area contributed by atoms with Gasteiger partial charge in [0.25, 0.3) is 20.2 Å². The largest absolute Gasteiger partial charge is 0.505 e. The molecule has 0 fully saturated rings. The number of aromatic hydroxyl groups is 1. The molecule has 2 radical (unpaired) electrons. The van der Waals surface area contributed by atoms with E-state index in [-0.39, 0.29) is 81.3 Å². The summed E-state index contributed by atoms with van der Waals surface area (Å²) in [5.41, 5.74) is 21.8. The molecule has 7 rings (SSSR count). The van der Waals surface area contributed by atoms with Crippen LogP contribution in [0.4, 0.5) is 51.2 Å². The Labute approximate surface area is 374 Å². The monoisotopic (exact) mass is 837 g/mol. The van der Waals surface area contributed by atoms with Crippen LogP contribution in [0.5, 0.6) is 5.75 Å². The van der Waals surface area contributed by atoms with Crippen LogP contribution in [0.15, 0.2) is 138 Å². The molecule has 10 N–H and O–H groups in total. The molecule has 0 atom stereocenters. The minimum absolute atomic E-state index is 0. The van der Waals surface area contributed by atoms with Crippen LogP contribution in [-0.2, 0) is 20.2 Å². The van der Waals surface area contributed by atoms with Crippen molar-refractivity contribution >= 4 is 152 Å². The number of imidazole rings is 1. The summed E-state index contributed by atoms with van der Waals surface area (Å²) in [4.78, 5) is 6.13. The Kier molecular flexibility index (Phi) is 13.2. The predicted molar refractivity (Wildman–Crippen MR) is 222 cm³/mol. The molecule has 0 aliphatic carbocycles. The maximum atomic E-state index is 12.5. The number of aromatic amines is 1. The Morgan fingerprint density at radius 3 is 1.84 bits per heavy atom. The van der Waals surface area contributed by atoms with E-state index in [0.717, 1.165) is 23.2 Å². The van der Waals surface area contributed by atoms with Crippen LogP contribution in [0.3, 0.4) is 0 Å². The van der Waals surface area contributed by atoms with Gasteiger partial charge in [-0.15, -0.1) is 15.3 Å². The molecule has 0 unspecified atom stereocenters. The predicted octanol–water partition coefficient (Wildman–Crippen LogP) is 8.12. The second-order valence-corrected chi connectivity index (χ2v) is 15.1. The van der Waals surface area contributed by atoms with Crippen molar-refractivity contribution in [2.75, 3.05) is 17.2 Å². The van der Waals surface area contributed by atoms with E-state index in [1.807, 2.05) is 6.92 Å². The van der Waals surface area contributed by atoms with Gasteiger partial charge in [0, 0.05) is 70.4 Å². The van der Waals surface area contributed by atoms with Crippen molar-refractivity contribution in [1.82, 2.24) is 9.97 Å². The molecule has 0 spiro atoms. The molecule has 0 bridgehead atoms. The zero-order valence-corrected chi connectivity index (χ0v) is 36.5. The number of nitrogens with zero attached hydrogens (tertiary/aromatic N) is 7. The normalized spacial score (nSPS) is 12.1. The van der Waals surface area contributed by atoms with Crippen molar-refractivity contribution in [3.05, 3.63) is 103 Å². The van der Waals surface area contributed by atoms with E-state index in [9.17, 15) is 31.0 Å². The molecule has 0 aliphatic rings. The number of azo groups is 3. The number of H-pyrrole nitrogens is 1. The van der Waals surface area contributed by atoms with Gasteiger partial charge in [0.05, 0.1) is 44.9 Å². The molecule has 7 aromatic rings. The number of fused-ring (bicyclic) bond motifs is 2. The number of anilines is 3. The third kappa shape index (κ3) is 9.26. The fraction of sp³-hybridized carbons (Fsp3) is 0.0278. The van der Waals surface area contributed by atoms with Crippen LogP contribution < -0.4 is 17.2 Å². The van der Waals surface area contributed by atoms with E-state index >= 15 is 0 Å². The number of benzene rings is 6. The number of phenolic OH excluding ortho intramolecular Hbond substituents is 1. The molecule has 284 valence electrons. The summed E-state index contributed by atoms with van der Waals surface area (Å²) in [6, 6.07) is 24.9. The molecule has 0 saturated carbocycles. The zero-order chi connectivity index (χ0) is 39.9. The first-order chi connectivity index (χ1) is 26.6. The zero-order valence-electron chi connectivity index (χ0n) is 30.9. The Morgan fingerprint density at radius 2 is 1.21 bits per heavy atom. The van der Waals surface area contributed by atoms with Gasteiger partial charge in [0.1, 0.15) is 32.7 Å². The fourth-order valence-corrected chi connectivity index (χ4v) is 6.95. The van der Waals surface area contributed by atoms with Crippen molar-refractivity contribution in [3.63, 3.8) is 0 Å². The number of aromatic nitrogens is 2. The van der Waals surface area contributed by atoms with E-state index in [1.165, 1.54) is 0 Å². The smallest absolute Gasteiger partial charge is 0.296 e. The first-order valence-corrected chi connectivity index (χ1v) is 19.1. The summed E-state index contributed by atoms with van der Waals surface area (Å²) in [7, 11) is -10.1. The van der Waals surface area contributed by atoms with E-state index in [4.69, 9.17) is 17.2 Å². The van der Waals surface area contributed by atoms with Crippen LogP contribution >= 0.6 is 0 Å². The third-order valence-electron chi connectivity index (χ3n) is 8.45. The number of nitrogens with one attached hydrogen (secondary N) is 1. The second kappa shape index (κ2) is 17.4. The quantitative estimate of drug-likeness (QED) is 0.0315. The molecule has 0 aliphatic heterocycles. The third-order valence-corrected chi connectivity index (χ3v) is 10.2. The number of phenols is 1. The first kappa shape index (κ1) is 44.0. The standard InChI is InChI=1S/C36H29N11O7S2.2Na/c1-18-13-27(25(38)17-24(18)37)45-44-23-11-12-26-28(16-23)41-36(40-26)19-7-9-22(10-8-19)43-46-33-29(55(49,50)51)14-20-15-30(56(52,53)54)34(35(48)31(20)32(33)39)47-42-21-5-3-2-4-6-21;;/h2-17,48H,37-39H2,1H3,(H,40,41)(H,49,50,51)(H,52,53,54);;. The SMILES string of the molecule is Cc1cc(N=Nc2ccc3[nH]c(-c4ccc(N=Nc5c(S(=O)(=O)O)cc6cc(S(=O)(=O)O)c(N=Nc7ccccc7)c(O)c6c5N)cc4)nc3c2)c(N)cc1N.[Na].[Na]. The summed E-state index contributed by atoms with van der Waals surface area (Å²) in [5, 5.41) is 35.1. The van der Waals surface area contributed by atoms with Crippen LogP contribution in [0.1, 0.15) is 5.56 Å². The second-order valence-electron chi connectivity index (χ2n) is 12.3. The Balaban J connectivity index is 0.00000320. The van der Waals surface area contributed by atoms with E-state index in [1.54, 1.807) is 84.9 Å². The van der Waals surface area contributed by atoms with Gasteiger partial charge in [-0.25, -0.2) is 4.98 Å². The summed E-state index contributed by atoms with van der Waals surface area (Å²) < 4.78 is 69.6. The van der Waals surface area contributed by atoms with Gasteiger partial charge >= 0.3 is 0 Å². The Bertz CT molecular complexity index is 3040. The van der Waals surface area contributed by atoms with Crippen molar-refractivity contribution in [2.45, 2.75) is 16.7 Å². The molecule has 1 heterocycles. The molecule has 1 aromatic heterocycles. The van der Waals surface area contributed by atoms with E-state index in [2.05, 4.69) is 40.7 Å². The topological polar surface area (TPSA) is 310 Å². The number of rotatable bonds is 9. The first-order valence-electron chi connectivity index (χ1n) is 16.2. The van der Waals surface area contributed by atoms with Gasteiger partial charge in [-0.1, -0.05) is 18.2 Å². The van der Waals surface area contributed by atoms with Gasteiger partial charge in [0.2, 0.25) is 0 Å². The van der Waals surface area contributed by atoms with Crippen molar-refractivity contribution in [2.24, 2.45) is 30.7 Å². The summed E-state index contributed by atoms with van der Waals surface area (Å²) in [5.74, 6) is -0.346. The average molecular weight is 838 g/mol. The Morgan fingerprint density at radius 1 is 0.638 bits per heavy atom. The van der Waals surface area contributed by atoms with Crippen LogP contribution in [0, 0.1) is 6.92 Å². The molecule has 22 heteroatoms. The fourth-order valence-electron chi connectivity index (χ4n) is 5.62. The summed E-state index contributed by atoms with van der Waals surface area (Å²) in [6.45, 7) is 1.85. The van der Waals surface area contributed by atoms with E-state index in [0.29, 0.717) is 39.7 Å². The van der Waals surface area contributed by atoms with Crippen LogP contribution in [-0.4, -0.2) is 100 Å². The average Bonchev–Trinajstić information content (AvgIpc) is 3.58. The minimum Gasteiger partial charge on any atom is -0.505 e. The van der Waals surface area contributed by atoms with Gasteiger partial charge < -0.3 is 27.3 Å². The summed E-state index contributed by atoms with van der Waals surface area (Å²) in [6.07, 6.45) is 0. The minimum atomic E-state index is -5.06. The van der Waals surface area contributed by atoms with Gasteiger partial charge in [-0.05, 0) is 96.7 Å². The maximum absolute atomic E-state index is 12.5. The summed E-state index contributed by atoms with van der Waals surface area (Å²) >= 11 is 0. The van der Waals surface area contributed by atoms with Crippen LogP contribution in [0.25, 0.3) is 33.2 Å². The number of nitrogens with two attached hydrogens (primary N) is 3. The maximum Gasteiger partial charge on any atom is 0.296 e. The van der Waals surface area contributed by atoms with E-state index < -0.39 is 52.8 Å². The van der Waals surface area contributed by atoms with Crippen LogP contribution in [0.2, 0.25) is 0 Å². The van der Waals surface area contributed by atoms with Crippen molar-refractivity contribution < 1.29 is 31.0 Å². The van der Waals surface area contributed by atoms with Crippen molar-refractivity contribution in [1.29, 1.82) is 0 Å². The molecular weight excluding hydrogens is 809 g/mol. The van der Waals surface area contributed by atoms with Gasteiger partial charge in [-0.3, -0.25) is 9.11 Å². The molecule has 0 saturated heterocycles. The molecule has 58 heavy (non-hydrogen) atoms. The van der Waals surface area contributed by atoms with Crippen molar-refractivity contribution in [3.8, 4) is 17.1 Å². The number of aryl methyl sites for hydroxylation is 1. The molecule has 18 nitrogen and oxygen atoms in total. The van der Waals surface area contributed by atoms with Gasteiger partial charge in [0.15, 0.2) is 5.75 Å². The number of hydrogen-bond acceptors (Lipinski definition) is 15. The molecular formula is C36H29N11Na2O7S2. The number of nitrogen functional groups attached to an aromatic ring is 3. The Hall–Kier alpha value is -5.13. The van der Waals surface area contributed by atoms with Gasteiger partial charge in [-0.2, -0.15) is 32.2 Å². The molecule has 6 aromatic carbocycles. The molecule has 0 amide bonds. The number of hydrogen-bond donors (Lipinski definition) is 7.